The summed E-state index contributed by atoms with van der Waals surface area (Å²) < 4.78 is 18.6. The lowest BCUT2D eigenvalue weighted by molar-refractivity contribution is 0.152. The highest BCUT2D eigenvalue weighted by Gasteiger charge is 2.35. The molecule has 112 valence electrons. The number of nitrogens with one attached hydrogen (secondary N) is 1. The Hall–Kier alpha value is -1.13. The van der Waals surface area contributed by atoms with Gasteiger partial charge in [0.05, 0.1) is 6.61 Å². The molecule has 1 aliphatic heterocycles. The second-order valence-electron chi connectivity index (χ2n) is 5.81. The van der Waals surface area contributed by atoms with Gasteiger partial charge in [0.25, 0.3) is 0 Å². The maximum atomic E-state index is 13.0. The topological polar surface area (TPSA) is 24.5 Å². The zero-order valence-corrected chi connectivity index (χ0v) is 12.5. The average molecular weight is 280 g/mol. The molecule has 0 radical (unpaired) electrons. The van der Waals surface area contributed by atoms with Crippen LogP contribution in [0, 0.1) is 11.2 Å². The Labute approximate surface area is 121 Å². The number of hydrogen-bond donors (Lipinski definition) is 1. The normalized spacial score (nSPS) is 22.1. The molecule has 1 atom stereocenters. The first-order chi connectivity index (χ1) is 9.65. The minimum Gasteiger partial charge on any atom is -0.381 e. The van der Waals surface area contributed by atoms with Crippen LogP contribution in [0.2, 0.25) is 0 Å². The van der Waals surface area contributed by atoms with Gasteiger partial charge in [-0.3, -0.25) is 0 Å². The number of rotatable bonds is 7. The number of halogens is 1. The molecule has 1 unspecified atom stereocenters. The third kappa shape index (κ3) is 3.93. The van der Waals surface area contributed by atoms with Gasteiger partial charge in [0, 0.05) is 37.8 Å². The van der Waals surface area contributed by atoms with Crippen molar-refractivity contribution in [1.82, 2.24) is 5.32 Å². The second kappa shape index (κ2) is 7.04. The zero-order valence-electron chi connectivity index (χ0n) is 12.5. The fourth-order valence-electron chi connectivity index (χ4n) is 2.79. The van der Waals surface area contributed by atoms with Crippen molar-refractivity contribution in [2.24, 2.45) is 5.41 Å². The second-order valence-corrected chi connectivity index (χ2v) is 5.81. The highest BCUT2D eigenvalue weighted by Crippen LogP contribution is 2.30. The lowest BCUT2D eigenvalue weighted by Gasteiger charge is -2.33. The third-order valence-corrected chi connectivity index (χ3v) is 3.95. The molecule has 3 nitrogen and oxygen atoms in total. The zero-order chi connectivity index (χ0) is 14.4. The van der Waals surface area contributed by atoms with Crippen molar-refractivity contribution >= 4 is 5.69 Å². The van der Waals surface area contributed by atoms with E-state index < -0.39 is 0 Å². The van der Waals surface area contributed by atoms with Crippen molar-refractivity contribution in [3.63, 3.8) is 0 Å². The van der Waals surface area contributed by atoms with E-state index in [1.165, 1.54) is 12.1 Å². The molecule has 0 saturated carbocycles. The van der Waals surface area contributed by atoms with Crippen molar-refractivity contribution in [1.29, 1.82) is 0 Å². The highest BCUT2D eigenvalue weighted by atomic mass is 19.1. The third-order valence-electron chi connectivity index (χ3n) is 3.95. The molecule has 1 fully saturated rings. The minimum atomic E-state index is -0.189. The van der Waals surface area contributed by atoms with Gasteiger partial charge in [0.1, 0.15) is 5.82 Å². The van der Waals surface area contributed by atoms with Gasteiger partial charge in [0.15, 0.2) is 0 Å². The molecule has 1 saturated heterocycles. The predicted molar refractivity (Wildman–Crippen MR) is 80.7 cm³/mol. The Kier molecular flexibility index (Phi) is 5.38. The van der Waals surface area contributed by atoms with Gasteiger partial charge in [-0.1, -0.05) is 6.92 Å². The summed E-state index contributed by atoms with van der Waals surface area (Å²) in [5, 5.41) is 3.52. The first-order valence-corrected chi connectivity index (χ1v) is 7.40. The molecular formula is C16H25FN2O. The first kappa shape index (κ1) is 15.3. The number of hydrogen-bond acceptors (Lipinski definition) is 3. The van der Waals surface area contributed by atoms with E-state index in [2.05, 4.69) is 24.2 Å². The molecule has 0 amide bonds. The number of anilines is 1. The maximum absolute atomic E-state index is 13.0. The molecule has 1 aromatic rings. The summed E-state index contributed by atoms with van der Waals surface area (Å²) in [5.74, 6) is -0.189. The van der Waals surface area contributed by atoms with Crippen molar-refractivity contribution in [3.05, 3.63) is 30.1 Å². The Balaban J connectivity index is 1.98. The molecule has 0 aromatic heterocycles. The van der Waals surface area contributed by atoms with Crippen molar-refractivity contribution in [2.75, 3.05) is 44.8 Å². The summed E-state index contributed by atoms with van der Waals surface area (Å²) in [4.78, 5) is 2.20. The smallest absolute Gasteiger partial charge is 0.123 e. The molecule has 0 bridgehead atoms. The van der Waals surface area contributed by atoms with Crippen LogP contribution in [0.5, 0.6) is 0 Å². The minimum absolute atomic E-state index is 0.165. The summed E-state index contributed by atoms with van der Waals surface area (Å²) >= 11 is 0. The molecule has 1 aromatic carbocycles. The highest BCUT2D eigenvalue weighted by molar-refractivity contribution is 5.45. The van der Waals surface area contributed by atoms with E-state index in [-0.39, 0.29) is 11.2 Å². The molecule has 1 aliphatic rings. The Morgan fingerprint density at radius 2 is 2.10 bits per heavy atom. The fraction of sp³-hybridized carbons (Fsp3) is 0.625. The summed E-state index contributed by atoms with van der Waals surface area (Å²) in [6, 6.07) is 6.69. The van der Waals surface area contributed by atoms with Crippen LogP contribution in [-0.4, -0.2) is 39.9 Å². The monoisotopic (exact) mass is 280 g/mol. The van der Waals surface area contributed by atoms with Crippen LogP contribution in [0.3, 0.4) is 0 Å². The molecule has 4 heteroatoms. The molecule has 0 aliphatic carbocycles. The van der Waals surface area contributed by atoms with E-state index in [9.17, 15) is 4.39 Å². The Morgan fingerprint density at radius 3 is 2.70 bits per heavy atom. The van der Waals surface area contributed by atoms with Crippen LogP contribution in [-0.2, 0) is 4.74 Å². The SMILES string of the molecule is CCCNCC1(CN(C)c2ccc(F)cc2)CCOC1. The van der Waals surface area contributed by atoms with E-state index in [1.807, 2.05) is 12.1 Å². The van der Waals surface area contributed by atoms with E-state index in [4.69, 9.17) is 4.74 Å². The Morgan fingerprint density at radius 1 is 1.35 bits per heavy atom. The van der Waals surface area contributed by atoms with Gasteiger partial charge in [0.2, 0.25) is 0 Å². The van der Waals surface area contributed by atoms with Crippen molar-refractivity contribution in [2.45, 2.75) is 19.8 Å². The van der Waals surface area contributed by atoms with Gasteiger partial charge < -0.3 is 15.0 Å². The van der Waals surface area contributed by atoms with E-state index in [0.717, 1.165) is 51.4 Å². The molecule has 20 heavy (non-hydrogen) atoms. The average Bonchev–Trinajstić information content (AvgIpc) is 2.88. The quantitative estimate of drug-likeness (QED) is 0.777. The van der Waals surface area contributed by atoms with Crippen LogP contribution in [0.4, 0.5) is 10.1 Å². The molecular weight excluding hydrogens is 255 g/mol. The number of benzene rings is 1. The lowest BCUT2D eigenvalue weighted by Crippen LogP contribution is -2.44. The summed E-state index contributed by atoms with van der Waals surface area (Å²) in [7, 11) is 2.06. The molecule has 1 heterocycles. The summed E-state index contributed by atoms with van der Waals surface area (Å²) in [5.41, 5.74) is 1.21. The van der Waals surface area contributed by atoms with E-state index in [1.54, 1.807) is 0 Å². The lowest BCUT2D eigenvalue weighted by atomic mass is 9.86. The van der Waals surface area contributed by atoms with Crippen LogP contribution in [0.25, 0.3) is 0 Å². The Bertz CT molecular complexity index is 401. The fourth-order valence-corrected chi connectivity index (χ4v) is 2.79. The van der Waals surface area contributed by atoms with E-state index >= 15 is 0 Å². The maximum Gasteiger partial charge on any atom is 0.123 e. The molecule has 2 rings (SSSR count). The van der Waals surface area contributed by atoms with Crippen molar-refractivity contribution in [3.8, 4) is 0 Å². The standard InChI is InChI=1S/C16H25FN2O/c1-3-9-18-11-16(8-10-20-13-16)12-19(2)15-6-4-14(17)5-7-15/h4-7,18H,3,8-13H2,1-2H3. The summed E-state index contributed by atoms with van der Waals surface area (Å²) in [6.45, 7) is 6.76. The largest absolute Gasteiger partial charge is 0.381 e. The van der Waals surface area contributed by atoms with Crippen molar-refractivity contribution < 1.29 is 9.13 Å². The van der Waals surface area contributed by atoms with Crippen LogP contribution >= 0.6 is 0 Å². The summed E-state index contributed by atoms with van der Waals surface area (Å²) in [6.07, 6.45) is 2.22. The molecule has 0 spiro atoms. The van der Waals surface area contributed by atoms with Crippen LogP contribution in [0.15, 0.2) is 24.3 Å². The van der Waals surface area contributed by atoms with Gasteiger partial charge in [-0.2, -0.15) is 0 Å². The first-order valence-electron chi connectivity index (χ1n) is 7.40. The van der Waals surface area contributed by atoms with E-state index in [0.29, 0.717) is 0 Å². The van der Waals surface area contributed by atoms with Gasteiger partial charge in [-0.05, 0) is 43.7 Å². The van der Waals surface area contributed by atoms with Crippen LogP contribution in [0.1, 0.15) is 19.8 Å². The number of ether oxygens (including phenoxy) is 1. The predicted octanol–water partition coefficient (Wildman–Crippen LogP) is 2.67. The van der Waals surface area contributed by atoms with Gasteiger partial charge >= 0.3 is 0 Å². The number of nitrogens with zero attached hydrogens (tertiary/aromatic N) is 1. The van der Waals surface area contributed by atoms with Gasteiger partial charge in [-0.25, -0.2) is 4.39 Å². The molecule has 1 N–H and O–H groups in total. The van der Waals surface area contributed by atoms with Gasteiger partial charge in [-0.15, -0.1) is 0 Å². The van der Waals surface area contributed by atoms with Crippen LogP contribution < -0.4 is 10.2 Å².